The average Bonchev–Trinajstić information content (AvgIpc) is 3.01. The SMILES string of the molecule is C=Cc1cc2[nH]c(CNC(=O)OC3CCCCC3)nc2cc1OC. The highest BCUT2D eigenvalue weighted by Gasteiger charge is 2.17. The van der Waals surface area contributed by atoms with Crippen molar-refractivity contribution in [3.8, 4) is 5.75 Å². The highest BCUT2D eigenvalue weighted by atomic mass is 16.6. The monoisotopic (exact) mass is 329 g/mol. The zero-order valence-corrected chi connectivity index (χ0v) is 13.9. The van der Waals surface area contributed by atoms with Gasteiger partial charge in [-0.3, -0.25) is 0 Å². The molecule has 1 fully saturated rings. The van der Waals surface area contributed by atoms with Crippen molar-refractivity contribution in [2.45, 2.75) is 44.8 Å². The van der Waals surface area contributed by atoms with Crippen molar-refractivity contribution in [2.75, 3.05) is 7.11 Å². The van der Waals surface area contributed by atoms with Crippen LogP contribution in [0.1, 0.15) is 43.5 Å². The maximum atomic E-state index is 11.9. The lowest BCUT2D eigenvalue weighted by atomic mass is 9.98. The predicted molar refractivity (Wildman–Crippen MR) is 92.9 cm³/mol. The molecule has 24 heavy (non-hydrogen) atoms. The van der Waals surface area contributed by atoms with Gasteiger partial charge in [-0.25, -0.2) is 9.78 Å². The van der Waals surface area contributed by atoms with Gasteiger partial charge in [-0.05, 0) is 31.7 Å². The molecule has 0 bridgehead atoms. The van der Waals surface area contributed by atoms with Crippen LogP contribution < -0.4 is 10.1 Å². The quantitative estimate of drug-likeness (QED) is 0.875. The van der Waals surface area contributed by atoms with Crippen molar-refractivity contribution >= 4 is 23.2 Å². The molecule has 2 aromatic rings. The van der Waals surface area contributed by atoms with Gasteiger partial charge in [-0.2, -0.15) is 0 Å². The first kappa shape index (κ1) is 16.4. The number of aromatic amines is 1. The van der Waals surface area contributed by atoms with Crippen LogP contribution in [-0.4, -0.2) is 29.3 Å². The number of carbonyl (C=O) groups excluding carboxylic acids is 1. The Morgan fingerprint density at radius 3 is 2.92 bits per heavy atom. The molecule has 2 N–H and O–H groups in total. The third-order valence-electron chi connectivity index (χ3n) is 4.33. The number of nitrogens with one attached hydrogen (secondary N) is 2. The minimum Gasteiger partial charge on any atom is -0.496 e. The number of alkyl carbamates (subject to hydrolysis) is 1. The maximum absolute atomic E-state index is 11.9. The predicted octanol–water partition coefficient (Wildman–Crippen LogP) is 3.77. The van der Waals surface area contributed by atoms with Gasteiger partial charge in [-0.15, -0.1) is 0 Å². The van der Waals surface area contributed by atoms with E-state index in [0.717, 1.165) is 48.0 Å². The number of fused-ring (bicyclic) bond motifs is 1. The number of benzene rings is 1. The van der Waals surface area contributed by atoms with Crippen LogP contribution >= 0.6 is 0 Å². The summed E-state index contributed by atoms with van der Waals surface area (Å²) in [4.78, 5) is 19.6. The number of H-pyrrole nitrogens is 1. The number of carbonyl (C=O) groups is 1. The van der Waals surface area contributed by atoms with E-state index in [1.165, 1.54) is 6.42 Å². The molecule has 1 aromatic carbocycles. The maximum Gasteiger partial charge on any atom is 0.407 e. The van der Waals surface area contributed by atoms with Gasteiger partial charge in [0.1, 0.15) is 17.7 Å². The molecule has 6 nitrogen and oxygen atoms in total. The van der Waals surface area contributed by atoms with Crippen LogP contribution in [0.2, 0.25) is 0 Å². The van der Waals surface area contributed by atoms with Gasteiger partial charge < -0.3 is 19.8 Å². The highest BCUT2D eigenvalue weighted by molar-refractivity contribution is 5.81. The summed E-state index contributed by atoms with van der Waals surface area (Å²) in [6, 6.07) is 3.78. The van der Waals surface area contributed by atoms with E-state index in [1.54, 1.807) is 13.2 Å². The number of hydrogen-bond donors (Lipinski definition) is 2. The van der Waals surface area contributed by atoms with Crippen LogP contribution in [0.15, 0.2) is 18.7 Å². The number of aromatic nitrogens is 2. The van der Waals surface area contributed by atoms with Gasteiger partial charge in [0.15, 0.2) is 0 Å². The van der Waals surface area contributed by atoms with E-state index in [-0.39, 0.29) is 12.2 Å². The number of hydrogen-bond acceptors (Lipinski definition) is 4. The summed E-state index contributed by atoms with van der Waals surface area (Å²) in [6.45, 7) is 4.08. The second-order valence-corrected chi connectivity index (χ2v) is 6.02. The summed E-state index contributed by atoms with van der Waals surface area (Å²) in [5.41, 5.74) is 2.56. The number of nitrogens with zero attached hydrogens (tertiary/aromatic N) is 1. The smallest absolute Gasteiger partial charge is 0.407 e. The molecule has 0 radical (unpaired) electrons. The molecular formula is C18H23N3O3. The Kier molecular flexibility index (Phi) is 5.03. The normalized spacial score (nSPS) is 15.2. The molecule has 6 heteroatoms. The van der Waals surface area contributed by atoms with Crippen molar-refractivity contribution in [2.24, 2.45) is 0 Å². The first-order chi connectivity index (χ1) is 11.7. The van der Waals surface area contributed by atoms with Gasteiger partial charge >= 0.3 is 6.09 Å². The molecule has 3 rings (SSSR count). The third kappa shape index (κ3) is 3.69. The van der Waals surface area contributed by atoms with Gasteiger partial charge in [-0.1, -0.05) is 19.1 Å². The topological polar surface area (TPSA) is 76.2 Å². The molecule has 0 aliphatic heterocycles. The number of amides is 1. The van der Waals surface area contributed by atoms with E-state index < -0.39 is 0 Å². The second kappa shape index (κ2) is 7.38. The van der Waals surface area contributed by atoms with E-state index in [9.17, 15) is 4.79 Å². The van der Waals surface area contributed by atoms with Gasteiger partial charge in [0.25, 0.3) is 0 Å². The minimum absolute atomic E-state index is 0.0498. The molecule has 1 aliphatic carbocycles. The molecule has 0 saturated heterocycles. The van der Waals surface area contributed by atoms with E-state index in [4.69, 9.17) is 9.47 Å². The standard InChI is InChI=1S/C18H23N3O3/c1-3-12-9-14-15(10-16(12)23-2)21-17(20-14)11-19-18(22)24-13-7-5-4-6-8-13/h3,9-10,13H,1,4-8,11H2,2H3,(H,19,22)(H,20,21). The fraction of sp³-hybridized carbons (Fsp3) is 0.444. The van der Waals surface area contributed by atoms with Crippen LogP contribution in [0.25, 0.3) is 17.1 Å². The highest BCUT2D eigenvalue weighted by Crippen LogP contribution is 2.25. The second-order valence-electron chi connectivity index (χ2n) is 6.02. The molecule has 0 atom stereocenters. The molecule has 1 aromatic heterocycles. The lowest BCUT2D eigenvalue weighted by molar-refractivity contribution is 0.0748. The van der Waals surface area contributed by atoms with Crippen molar-refractivity contribution in [3.63, 3.8) is 0 Å². The van der Waals surface area contributed by atoms with Crippen LogP contribution in [0.3, 0.4) is 0 Å². The first-order valence-electron chi connectivity index (χ1n) is 8.33. The van der Waals surface area contributed by atoms with Gasteiger partial charge in [0.2, 0.25) is 0 Å². The zero-order chi connectivity index (χ0) is 16.9. The Morgan fingerprint density at radius 2 is 2.21 bits per heavy atom. The Hall–Kier alpha value is -2.50. The van der Waals surface area contributed by atoms with E-state index in [1.807, 2.05) is 12.1 Å². The first-order valence-corrected chi connectivity index (χ1v) is 8.33. The number of rotatable bonds is 5. The van der Waals surface area contributed by atoms with Crippen molar-refractivity contribution in [1.82, 2.24) is 15.3 Å². The molecule has 128 valence electrons. The number of ether oxygens (including phenoxy) is 2. The Labute approximate surface area is 141 Å². The Morgan fingerprint density at radius 1 is 1.42 bits per heavy atom. The van der Waals surface area contributed by atoms with Crippen molar-refractivity contribution in [3.05, 3.63) is 30.1 Å². The summed E-state index contributed by atoms with van der Waals surface area (Å²) < 4.78 is 10.8. The van der Waals surface area contributed by atoms with Crippen LogP contribution in [-0.2, 0) is 11.3 Å². The van der Waals surface area contributed by atoms with Crippen LogP contribution in [0, 0.1) is 0 Å². The van der Waals surface area contributed by atoms with Crippen molar-refractivity contribution < 1.29 is 14.3 Å². The zero-order valence-electron chi connectivity index (χ0n) is 13.9. The third-order valence-corrected chi connectivity index (χ3v) is 4.33. The summed E-state index contributed by atoms with van der Waals surface area (Å²) >= 11 is 0. The number of imidazole rings is 1. The summed E-state index contributed by atoms with van der Waals surface area (Å²) in [5, 5.41) is 2.76. The van der Waals surface area contributed by atoms with Crippen molar-refractivity contribution in [1.29, 1.82) is 0 Å². The molecule has 1 aliphatic rings. The minimum atomic E-state index is -0.383. The molecule has 1 amide bonds. The Bertz CT molecular complexity index is 732. The summed E-state index contributed by atoms with van der Waals surface area (Å²) in [5.74, 6) is 1.40. The van der Waals surface area contributed by atoms with E-state index in [2.05, 4.69) is 21.9 Å². The molecule has 0 spiro atoms. The molecular weight excluding hydrogens is 306 g/mol. The summed E-state index contributed by atoms with van der Waals surface area (Å²) in [6.07, 6.45) is 6.82. The largest absolute Gasteiger partial charge is 0.496 e. The van der Waals surface area contributed by atoms with Crippen LogP contribution in [0.4, 0.5) is 4.79 Å². The van der Waals surface area contributed by atoms with Gasteiger partial charge in [0.05, 0.1) is 24.7 Å². The fourth-order valence-corrected chi connectivity index (χ4v) is 3.06. The lowest BCUT2D eigenvalue weighted by Gasteiger charge is -2.21. The molecule has 1 heterocycles. The Balaban J connectivity index is 1.62. The van der Waals surface area contributed by atoms with E-state index >= 15 is 0 Å². The van der Waals surface area contributed by atoms with Crippen LogP contribution in [0.5, 0.6) is 5.75 Å². The van der Waals surface area contributed by atoms with E-state index in [0.29, 0.717) is 12.4 Å². The number of methoxy groups -OCH3 is 1. The average molecular weight is 329 g/mol. The fourth-order valence-electron chi connectivity index (χ4n) is 3.06. The molecule has 0 unspecified atom stereocenters. The van der Waals surface area contributed by atoms with Gasteiger partial charge in [0, 0.05) is 11.6 Å². The molecule has 1 saturated carbocycles. The summed E-state index contributed by atoms with van der Waals surface area (Å²) in [7, 11) is 1.62. The lowest BCUT2D eigenvalue weighted by Crippen LogP contribution is -2.30.